The second kappa shape index (κ2) is 9.94. The summed E-state index contributed by atoms with van der Waals surface area (Å²) in [5.41, 5.74) is 6.93. The zero-order valence-electron chi connectivity index (χ0n) is 18.2. The van der Waals surface area contributed by atoms with Crippen molar-refractivity contribution in [3.05, 3.63) is 69.4 Å². The van der Waals surface area contributed by atoms with Gasteiger partial charge < -0.3 is 5.73 Å². The minimum Gasteiger partial charge on any atom is -0.402 e. The molecular weight excluding hydrogens is 437 g/mol. The van der Waals surface area contributed by atoms with Gasteiger partial charge in [0.1, 0.15) is 12.2 Å². The van der Waals surface area contributed by atoms with Crippen LogP contribution in [0, 0.1) is 11.8 Å². The van der Waals surface area contributed by atoms with Crippen molar-refractivity contribution in [3.63, 3.8) is 0 Å². The molecule has 172 valence electrons. The molecule has 0 aromatic carbocycles. The minimum absolute atomic E-state index is 0.0483. The average Bonchev–Trinajstić information content (AvgIpc) is 3.09. The van der Waals surface area contributed by atoms with Gasteiger partial charge in [-0.25, -0.2) is 9.78 Å². The number of alkyl halides is 3. The van der Waals surface area contributed by atoms with E-state index < -0.39 is 17.4 Å². The molecule has 2 N–H and O–H groups in total. The minimum atomic E-state index is -4.35. The molecule has 0 spiro atoms. The van der Waals surface area contributed by atoms with Crippen LogP contribution in [0.4, 0.5) is 13.2 Å². The summed E-state index contributed by atoms with van der Waals surface area (Å²) >= 11 is 5.47. The molecule has 0 amide bonds. The topological polar surface area (TPSA) is 73.8 Å². The van der Waals surface area contributed by atoms with E-state index in [1.807, 2.05) is 13.0 Å². The van der Waals surface area contributed by atoms with Gasteiger partial charge in [-0.1, -0.05) is 37.4 Å². The summed E-state index contributed by atoms with van der Waals surface area (Å²) in [6.07, 6.45) is 6.44. The Morgan fingerprint density at radius 1 is 1.38 bits per heavy atom. The SMILES string of the molecule is CC(N)=CC(=S)C1=CCC(Cc2ncn(CC3=CC=C(C(F)(F)F)C3)c(=O)n2)C(C)CC1. The van der Waals surface area contributed by atoms with Gasteiger partial charge in [0.2, 0.25) is 0 Å². The number of nitrogens with two attached hydrogens (primary N) is 1. The van der Waals surface area contributed by atoms with E-state index in [0.717, 1.165) is 35.8 Å². The summed E-state index contributed by atoms with van der Waals surface area (Å²) in [5.74, 6) is 1.12. The second-order valence-electron chi connectivity index (χ2n) is 8.57. The van der Waals surface area contributed by atoms with Gasteiger partial charge in [0, 0.05) is 29.0 Å². The van der Waals surface area contributed by atoms with Crippen molar-refractivity contribution in [2.45, 2.75) is 58.7 Å². The van der Waals surface area contributed by atoms with Crippen molar-refractivity contribution in [3.8, 4) is 0 Å². The van der Waals surface area contributed by atoms with E-state index in [-0.39, 0.29) is 18.9 Å². The van der Waals surface area contributed by atoms with Gasteiger partial charge in [0.05, 0.1) is 6.54 Å². The van der Waals surface area contributed by atoms with Gasteiger partial charge in [-0.2, -0.15) is 18.2 Å². The largest absolute Gasteiger partial charge is 0.413 e. The molecule has 1 aromatic heterocycles. The van der Waals surface area contributed by atoms with Crippen LogP contribution >= 0.6 is 12.2 Å². The van der Waals surface area contributed by atoms with Gasteiger partial charge in [0.25, 0.3) is 0 Å². The Morgan fingerprint density at radius 3 is 2.75 bits per heavy atom. The average molecular weight is 465 g/mol. The fourth-order valence-corrected chi connectivity index (χ4v) is 4.36. The number of hydrogen-bond acceptors (Lipinski definition) is 5. The van der Waals surface area contributed by atoms with Gasteiger partial charge in [-0.15, -0.1) is 0 Å². The first kappa shape index (κ1) is 24.1. The first-order valence-electron chi connectivity index (χ1n) is 10.6. The smallest absolute Gasteiger partial charge is 0.402 e. The van der Waals surface area contributed by atoms with Crippen LogP contribution in [-0.2, 0) is 13.0 Å². The van der Waals surface area contributed by atoms with Crippen molar-refractivity contribution in [2.75, 3.05) is 0 Å². The van der Waals surface area contributed by atoms with E-state index >= 15 is 0 Å². The Balaban J connectivity index is 1.64. The van der Waals surface area contributed by atoms with Crippen LogP contribution in [0.25, 0.3) is 0 Å². The number of thiocarbonyl (C=S) groups is 1. The first-order valence-corrected chi connectivity index (χ1v) is 11.0. The van der Waals surface area contributed by atoms with Crippen LogP contribution in [0.3, 0.4) is 0 Å². The van der Waals surface area contributed by atoms with Crippen LogP contribution in [-0.4, -0.2) is 25.6 Å². The number of allylic oxidation sites excluding steroid dienone is 8. The highest BCUT2D eigenvalue weighted by atomic mass is 32.1. The van der Waals surface area contributed by atoms with Gasteiger partial charge in [-0.05, 0) is 55.2 Å². The van der Waals surface area contributed by atoms with E-state index in [4.69, 9.17) is 18.0 Å². The molecule has 1 aromatic rings. The second-order valence-corrected chi connectivity index (χ2v) is 9.01. The van der Waals surface area contributed by atoms with Crippen LogP contribution in [0.5, 0.6) is 0 Å². The summed E-state index contributed by atoms with van der Waals surface area (Å²) in [6, 6.07) is 0. The molecule has 2 aliphatic carbocycles. The van der Waals surface area contributed by atoms with E-state index in [2.05, 4.69) is 23.0 Å². The molecule has 0 bridgehead atoms. The number of aromatic nitrogens is 3. The quantitative estimate of drug-likeness (QED) is 0.492. The van der Waals surface area contributed by atoms with E-state index in [1.54, 1.807) is 0 Å². The molecule has 2 atom stereocenters. The third-order valence-corrected chi connectivity index (χ3v) is 6.33. The zero-order chi connectivity index (χ0) is 23.5. The Kier molecular flexibility index (Phi) is 7.48. The normalized spacial score (nSPS) is 22.2. The maximum Gasteiger partial charge on any atom is 0.413 e. The molecule has 5 nitrogen and oxygen atoms in total. The number of rotatable bonds is 6. The third kappa shape index (κ3) is 6.25. The summed E-state index contributed by atoms with van der Waals surface area (Å²) in [4.78, 5) is 21.6. The molecule has 1 heterocycles. The monoisotopic (exact) mass is 464 g/mol. The molecule has 0 saturated carbocycles. The Hall–Kier alpha value is -2.55. The van der Waals surface area contributed by atoms with E-state index in [1.165, 1.54) is 17.0 Å². The van der Waals surface area contributed by atoms with Gasteiger partial charge in [0.15, 0.2) is 0 Å². The number of halogens is 3. The van der Waals surface area contributed by atoms with Crippen LogP contribution in [0.1, 0.15) is 45.4 Å². The molecule has 0 fully saturated rings. The van der Waals surface area contributed by atoms with Gasteiger partial charge in [-0.3, -0.25) is 4.57 Å². The molecule has 0 saturated heterocycles. The fraction of sp³-hybridized carbons (Fsp3) is 0.478. The third-order valence-electron chi connectivity index (χ3n) is 5.95. The Bertz CT molecular complexity index is 1060. The molecule has 0 aliphatic heterocycles. The molecule has 32 heavy (non-hydrogen) atoms. The standard InChI is InChI=1S/C23H27F3N4OS/c1-14-3-5-17(20(32)9-15(2)27)6-7-18(14)11-21-28-13-30(22(31)29-21)12-16-4-8-19(10-16)23(24,25)26/h4,6,8-9,13-14,18H,3,5,7,10-12,27H2,1-2H3. The van der Waals surface area contributed by atoms with Crippen molar-refractivity contribution in [1.29, 1.82) is 0 Å². The predicted molar refractivity (Wildman–Crippen MR) is 122 cm³/mol. The zero-order valence-corrected chi connectivity index (χ0v) is 19.0. The van der Waals surface area contributed by atoms with Crippen molar-refractivity contribution < 1.29 is 13.2 Å². The fourth-order valence-electron chi connectivity index (χ4n) is 3.99. The summed E-state index contributed by atoms with van der Waals surface area (Å²) in [7, 11) is 0. The molecule has 3 rings (SSSR count). The lowest BCUT2D eigenvalue weighted by atomic mass is 9.86. The molecule has 2 unspecified atom stereocenters. The molecule has 9 heteroatoms. The maximum atomic E-state index is 12.8. The van der Waals surface area contributed by atoms with Gasteiger partial charge >= 0.3 is 11.9 Å². The van der Waals surface area contributed by atoms with Crippen LogP contribution in [0.2, 0.25) is 0 Å². The number of hydrogen-bond donors (Lipinski definition) is 1. The lowest BCUT2D eigenvalue weighted by molar-refractivity contribution is -0.0928. The van der Waals surface area contributed by atoms with Crippen molar-refractivity contribution >= 4 is 17.1 Å². The predicted octanol–water partition coefficient (Wildman–Crippen LogP) is 4.59. The van der Waals surface area contributed by atoms with Crippen LogP contribution in [0.15, 0.2) is 57.8 Å². The Morgan fingerprint density at radius 2 is 2.12 bits per heavy atom. The summed E-state index contributed by atoms with van der Waals surface area (Å²) in [6.45, 7) is 4.03. The molecular formula is C23H27F3N4OS. The highest BCUT2D eigenvalue weighted by Crippen LogP contribution is 2.34. The highest BCUT2D eigenvalue weighted by Gasteiger charge is 2.35. The Labute approximate surface area is 190 Å². The van der Waals surface area contributed by atoms with E-state index in [9.17, 15) is 18.0 Å². The maximum absolute atomic E-state index is 12.8. The first-order chi connectivity index (χ1) is 15.0. The highest BCUT2D eigenvalue weighted by molar-refractivity contribution is 7.81. The van der Waals surface area contributed by atoms with Crippen molar-refractivity contribution in [2.24, 2.45) is 17.6 Å². The summed E-state index contributed by atoms with van der Waals surface area (Å²) in [5, 5.41) is 0. The van der Waals surface area contributed by atoms with E-state index in [0.29, 0.717) is 29.4 Å². The van der Waals surface area contributed by atoms with Crippen LogP contribution < -0.4 is 11.4 Å². The van der Waals surface area contributed by atoms with Crippen molar-refractivity contribution in [1.82, 2.24) is 14.5 Å². The lowest BCUT2D eigenvalue weighted by Gasteiger charge is -2.20. The molecule has 2 aliphatic rings. The lowest BCUT2D eigenvalue weighted by Crippen LogP contribution is -2.27. The summed E-state index contributed by atoms with van der Waals surface area (Å²) < 4.78 is 39.6. The number of nitrogens with zero attached hydrogens (tertiary/aromatic N) is 3. The molecule has 0 radical (unpaired) electrons.